The molecule has 0 fully saturated rings. The summed E-state index contributed by atoms with van der Waals surface area (Å²) in [5.74, 6) is 0.931. The van der Waals surface area contributed by atoms with Crippen LogP contribution in [-0.4, -0.2) is 52.6 Å². The molecule has 0 radical (unpaired) electrons. The number of benzene rings is 3. The van der Waals surface area contributed by atoms with Gasteiger partial charge in [0, 0.05) is 40.4 Å². The molecule has 2 heterocycles. The van der Waals surface area contributed by atoms with Gasteiger partial charge in [0.25, 0.3) is 0 Å². The fourth-order valence-electron chi connectivity index (χ4n) is 4.75. The molecule has 4 amide bonds. The third-order valence-corrected chi connectivity index (χ3v) is 8.15. The van der Waals surface area contributed by atoms with Crippen molar-refractivity contribution >= 4 is 51.2 Å². The minimum Gasteiger partial charge on any atom is -0.493 e. The first-order valence-electron chi connectivity index (χ1n) is 13.3. The second-order valence-electron chi connectivity index (χ2n) is 9.66. The lowest BCUT2D eigenvalue weighted by atomic mass is 10.0. The molecule has 218 valence electrons. The summed E-state index contributed by atoms with van der Waals surface area (Å²) in [6, 6.07) is 17.9. The predicted octanol–water partition coefficient (Wildman–Crippen LogP) is 6.83. The molecule has 2 N–H and O–H groups in total. The quantitative estimate of drug-likeness (QED) is 0.220. The first-order valence-corrected chi connectivity index (χ1v) is 14.8. The fourth-order valence-corrected chi connectivity index (χ4v) is 5.51. The van der Waals surface area contributed by atoms with Gasteiger partial charge in [-0.15, -0.1) is 0 Å². The van der Waals surface area contributed by atoms with E-state index in [1.807, 2.05) is 36.5 Å². The van der Waals surface area contributed by atoms with E-state index < -0.39 is 12.1 Å². The van der Waals surface area contributed by atoms with E-state index in [1.165, 1.54) is 29.7 Å². The Morgan fingerprint density at radius 3 is 2.29 bits per heavy atom. The van der Waals surface area contributed by atoms with E-state index in [9.17, 15) is 9.59 Å². The zero-order chi connectivity index (χ0) is 29.8. The number of nitrogens with zero attached hydrogens (tertiary/aromatic N) is 4. The summed E-state index contributed by atoms with van der Waals surface area (Å²) in [4.78, 5) is 26.2. The molecule has 0 atom stereocenters. The van der Waals surface area contributed by atoms with Crippen LogP contribution in [0.1, 0.15) is 23.1 Å². The van der Waals surface area contributed by atoms with Gasteiger partial charge in [-0.1, -0.05) is 39.1 Å². The number of carbonyl (C=O) groups is 2. The Morgan fingerprint density at radius 1 is 0.929 bits per heavy atom. The molecule has 4 aromatic rings. The zero-order valence-corrected chi connectivity index (χ0v) is 26.1. The summed E-state index contributed by atoms with van der Waals surface area (Å²) < 4.78 is 8.30. The molecule has 1 aromatic heterocycles. The number of hydrogen-bond donors (Lipinski definition) is 2. The molecule has 0 saturated heterocycles. The van der Waals surface area contributed by atoms with Gasteiger partial charge in [0.05, 0.1) is 31.1 Å². The number of carbonyl (C=O) groups excluding carboxylic acids is 2. The first kappa shape index (κ1) is 29.8. The highest BCUT2D eigenvalue weighted by atomic mass is 79.9. The molecule has 0 bridgehead atoms. The van der Waals surface area contributed by atoms with Gasteiger partial charge in [0.2, 0.25) is 0 Å². The average Bonchev–Trinajstić information content (AvgIpc) is 3.51. The van der Waals surface area contributed by atoms with Gasteiger partial charge in [-0.2, -0.15) is 5.10 Å². The predicted molar refractivity (Wildman–Crippen MR) is 167 cm³/mol. The van der Waals surface area contributed by atoms with Gasteiger partial charge >= 0.3 is 12.1 Å². The molecule has 1 aliphatic rings. The second-order valence-corrected chi connectivity index (χ2v) is 11.4. The van der Waals surface area contributed by atoms with Gasteiger partial charge < -0.3 is 15.4 Å². The van der Waals surface area contributed by atoms with E-state index in [-0.39, 0.29) is 13.1 Å². The summed E-state index contributed by atoms with van der Waals surface area (Å²) in [6.07, 6.45) is 3.85. The molecular weight excluding hydrogens is 643 g/mol. The van der Waals surface area contributed by atoms with Crippen molar-refractivity contribution in [3.05, 3.63) is 98.1 Å². The maximum absolute atomic E-state index is 13.1. The Kier molecular flexibility index (Phi) is 9.25. The van der Waals surface area contributed by atoms with Crippen LogP contribution in [0.5, 0.6) is 5.75 Å². The molecule has 0 unspecified atom stereocenters. The molecular formula is C30H29BrCl2N6O3. The summed E-state index contributed by atoms with van der Waals surface area (Å²) in [5, 5.41) is 13.5. The number of fused-ring (bicyclic) bond motifs is 1. The van der Waals surface area contributed by atoms with E-state index in [0.717, 1.165) is 46.6 Å². The number of halogens is 3. The Balaban J connectivity index is 1.44. The Labute approximate surface area is 262 Å². The van der Waals surface area contributed by atoms with Crippen molar-refractivity contribution in [3.63, 3.8) is 0 Å². The SMILES string of the molecule is CNC(=O)N(Cc1cc(Br)ccc1Cl)N(Cc1cc(-n2ccc(-c3ccc4c(c3)CCCO4)n2)ccc1Cl)C(=O)NC. The van der Waals surface area contributed by atoms with Crippen LogP contribution in [0.3, 0.4) is 0 Å². The number of aromatic nitrogens is 2. The number of hydrogen-bond acceptors (Lipinski definition) is 4. The number of rotatable bonds is 6. The molecule has 5 rings (SSSR count). The van der Waals surface area contributed by atoms with Gasteiger partial charge in [0.1, 0.15) is 5.75 Å². The van der Waals surface area contributed by atoms with Gasteiger partial charge in [-0.05, 0) is 90.2 Å². The minimum atomic E-state index is -0.496. The summed E-state index contributed by atoms with van der Waals surface area (Å²) in [5.41, 5.74) is 5.03. The molecule has 0 aliphatic carbocycles. The topological polar surface area (TPSA) is 91.7 Å². The smallest absolute Gasteiger partial charge is 0.336 e. The van der Waals surface area contributed by atoms with Crippen LogP contribution < -0.4 is 15.4 Å². The number of aryl methyl sites for hydroxylation is 1. The largest absolute Gasteiger partial charge is 0.493 e. The maximum Gasteiger partial charge on any atom is 0.336 e. The summed E-state index contributed by atoms with van der Waals surface area (Å²) in [6.45, 7) is 0.789. The minimum absolute atomic E-state index is 0.00430. The van der Waals surface area contributed by atoms with Crippen LogP contribution in [0, 0.1) is 0 Å². The number of ether oxygens (including phenoxy) is 1. The van der Waals surface area contributed by atoms with Crippen LogP contribution in [0.4, 0.5) is 9.59 Å². The average molecular weight is 672 g/mol. The van der Waals surface area contributed by atoms with Gasteiger partial charge in [-0.25, -0.2) is 24.3 Å². The monoisotopic (exact) mass is 670 g/mol. The van der Waals surface area contributed by atoms with Gasteiger partial charge in [-0.3, -0.25) is 0 Å². The number of amides is 4. The molecule has 42 heavy (non-hydrogen) atoms. The summed E-state index contributed by atoms with van der Waals surface area (Å²) >= 11 is 16.5. The highest BCUT2D eigenvalue weighted by Crippen LogP contribution is 2.30. The van der Waals surface area contributed by atoms with Crippen molar-refractivity contribution in [1.82, 2.24) is 30.4 Å². The standard InChI is InChI=1S/C30H29BrCl2N6O3/c1-34-29(40)38(17-21-15-23(31)6-8-25(21)32)39(30(41)35-2)18-22-16-24(7-9-26(22)33)37-12-11-27(36-37)19-5-10-28-20(14-19)4-3-13-42-28/h5-12,14-16H,3-4,13,17-18H2,1-2H3,(H,34,40)(H,35,41). The van der Waals surface area contributed by atoms with E-state index >= 15 is 0 Å². The number of hydrazine groups is 1. The molecule has 3 aromatic carbocycles. The van der Waals surface area contributed by atoms with E-state index in [4.69, 9.17) is 33.0 Å². The molecule has 9 nitrogen and oxygen atoms in total. The van der Waals surface area contributed by atoms with Crippen molar-refractivity contribution in [2.45, 2.75) is 25.9 Å². The van der Waals surface area contributed by atoms with E-state index in [2.05, 4.69) is 32.6 Å². The highest BCUT2D eigenvalue weighted by Gasteiger charge is 2.27. The van der Waals surface area contributed by atoms with Crippen LogP contribution >= 0.6 is 39.1 Å². The lowest BCUT2D eigenvalue weighted by Gasteiger charge is -2.34. The van der Waals surface area contributed by atoms with Crippen LogP contribution in [0.2, 0.25) is 10.0 Å². The van der Waals surface area contributed by atoms with Gasteiger partial charge in [0.15, 0.2) is 0 Å². The third kappa shape index (κ3) is 6.51. The third-order valence-electron chi connectivity index (χ3n) is 6.92. The van der Waals surface area contributed by atoms with E-state index in [1.54, 1.807) is 28.9 Å². The van der Waals surface area contributed by atoms with Crippen LogP contribution in [0.25, 0.3) is 16.9 Å². The normalized spacial score (nSPS) is 12.2. The van der Waals surface area contributed by atoms with E-state index in [0.29, 0.717) is 21.2 Å². The Bertz CT molecular complexity index is 1630. The molecule has 12 heteroatoms. The maximum atomic E-state index is 13.1. The Morgan fingerprint density at radius 2 is 1.60 bits per heavy atom. The summed E-state index contributed by atoms with van der Waals surface area (Å²) in [7, 11) is 3.00. The second kappa shape index (κ2) is 13.1. The van der Waals surface area contributed by atoms with Crippen LogP contribution in [-0.2, 0) is 19.5 Å². The lowest BCUT2D eigenvalue weighted by molar-refractivity contribution is 0.0355. The van der Waals surface area contributed by atoms with Crippen molar-refractivity contribution in [2.24, 2.45) is 0 Å². The first-order chi connectivity index (χ1) is 20.3. The van der Waals surface area contributed by atoms with Crippen molar-refractivity contribution in [1.29, 1.82) is 0 Å². The van der Waals surface area contributed by atoms with Crippen molar-refractivity contribution in [3.8, 4) is 22.7 Å². The number of urea groups is 2. The number of nitrogens with one attached hydrogen (secondary N) is 2. The van der Waals surface area contributed by atoms with Crippen LogP contribution in [0.15, 0.2) is 71.3 Å². The Hall–Kier alpha value is -3.73. The molecule has 0 saturated carbocycles. The zero-order valence-electron chi connectivity index (χ0n) is 23.0. The molecule has 1 aliphatic heterocycles. The lowest BCUT2D eigenvalue weighted by Crippen LogP contribution is -2.54. The fraction of sp³-hybridized carbons (Fsp3) is 0.233. The molecule has 0 spiro atoms. The van der Waals surface area contributed by atoms with Crippen molar-refractivity contribution in [2.75, 3.05) is 20.7 Å². The van der Waals surface area contributed by atoms with Crippen molar-refractivity contribution < 1.29 is 14.3 Å². The highest BCUT2D eigenvalue weighted by molar-refractivity contribution is 9.10.